The van der Waals surface area contributed by atoms with Crippen LogP contribution in [0.4, 0.5) is 11.4 Å². The molecule has 0 bridgehead atoms. The van der Waals surface area contributed by atoms with E-state index < -0.39 is 4.92 Å². The second-order valence-corrected chi connectivity index (χ2v) is 7.03. The van der Waals surface area contributed by atoms with E-state index in [-0.39, 0.29) is 11.6 Å². The lowest BCUT2D eigenvalue weighted by atomic mass is 10.1. The third kappa shape index (κ3) is 3.47. The molecule has 1 saturated heterocycles. The summed E-state index contributed by atoms with van der Waals surface area (Å²) in [5.74, 6) is -0.206. The summed E-state index contributed by atoms with van der Waals surface area (Å²) in [4.78, 5) is 25.2. The molecule has 3 rings (SSSR count). The molecule has 2 aromatic rings. The first-order chi connectivity index (χ1) is 12.0. The van der Waals surface area contributed by atoms with E-state index in [1.165, 1.54) is 28.8 Å². The van der Waals surface area contributed by atoms with E-state index in [0.29, 0.717) is 14.8 Å². The maximum absolute atomic E-state index is 12.8. The summed E-state index contributed by atoms with van der Waals surface area (Å²) in [7, 11) is 0. The van der Waals surface area contributed by atoms with Gasteiger partial charge in [-0.3, -0.25) is 19.8 Å². The molecular weight excluding hydrogens is 356 g/mol. The van der Waals surface area contributed by atoms with E-state index in [1.807, 2.05) is 31.2 Å². The van der Waals surface area contributed by atoms with Crippen molar-refractivity contribution in [2.24, 2.45) is 0 Å². The summed E-state index contributed by atoms with van der Waals surface area (Å²) in [6, 6.07) is 13.8. The smallest absolute Gasteiger partial charge is 0.268 e. The summed E-state index contributed by atoms with van der Waals surface area (Å²) in [6.07, 6.45) is 2.43. The van der Waals surface area contributed by atoms with Crippen LogP contribution in [0.2, 0.25) is 0 Å². The number of aryl methyl sites for hydroxylation is 1. The van der Waals surface area contributed by atoms with Gasteiger partial charge in [-0.15, -0.1) is 0 Å². The third-order valence-corrected chi connectivity index (χ3v) is 5.09. The number of benzene rings is 2. The van der Waals surface area contributed by atoms with Crippen LogP contribution in [-0.4, -0.2) is 15.2 Å². The minimum atomic E-state index is -0.458. The quantitative estimate of drug-likeness (QED) is 0.342. The number of hydrogen-bond donors (Lipinski definition) is 0. The fraction of sp³-hybridized carbons (Fsp3) is 0.111. The van der Waals surface area contributed by atoms with Crippen molar-refractivity contribution in [1.29, 1.82) is 0 Å². The minimum Gasteiger partial charge on any atom is -0.268 e. The van der Waals surface area contributed by atoms with Gasteiger partial charge in [0.05, 0.1) is 15.5 Å². The van der Waals surface area contributed by atoms with Gasteiger partial charge in [-0.25, -0.2) is 0 Å². The number of carbonyl (C=O) groups is 1. The number of nitrogens with zero attached hydrogens (tertiary/aromatic N) is 2. The first kappa shape index (κ1) is 17.3. The molecule has 1 fully saturated rings. The van der Waals surface area contributed by atoms with Crippen molar-refractivity contribution >= 4 is 51.7 Å². The van der Waals surface area contributed by atoms with Gasteiger partial charge in [0.2, 0.25) is 0 Å². The van der Waals surface area contributed by atoms with Gasteiger partial charge in [-0.1, -0.05) is 61.2 Å². The van der Waals surface area contributed by atoms with Gasteiger partial charge >= 0.3 is 0 Å². The number of hydrogen-bond acceptors (Lipinski definition) is 5. The highest BCUT2D eigenvalue weighted by atomic mass is 32.2. The molecule has 1 heterocycles. The number of anilines is 1. The molecular formula is C18H14N2O3S2. The first-order valence-corrected chi connectivity index (χ1v) is 8.84. The van der Waals surface area contributed by atoms with Crippen molar-refractivity contribution in [1.82, 2.24) is 0 Å². The third-order valence-electron chi connectivity index (χ3n) is 3.79. The highest BCUT2D eigenvalue weighted by Crippen LogP contribution is 2.37. The topological polar surface area (TPSA) is 63.5 Å². The van der Waals surface area contributed by atoms with E-state index >= 15 is 0 Å². The fourth-order valence-corrected chi connectivity index (χ4v) is 3.87. The molecule has 25 heavy (non-hydrogen) atoms. The average molecular weight is 370 g/mol. The Balaban J connectivity index is 1.96. The van der Waals surface area contributed by atoms with Crippen molar-refractivity contribution in [3.05, 3.63) is 74.7 Å². The van der Waals surface area contributed by atoms with Gasteiger partial charge in [0.25, 0.3) is 11.6 Å². The lowest BCUT2D eigenvalue weighted by molar-refractivity contribution is -0.384. The Morgan fingerprint density at radius 2 is 2.00 bits per heavy atom. The zero-order chi connectivity index (χ0) is 18.0. The van der Waals surface area contributed by atoms with Gasteiger partial charge in [0.1, 0.15) is 0 Å². The van der Waals surface area contributed by atoms with Crippen LogP contribution >= 0.6 is 24.0 Å². The number of non-ortho nitro benzene ring substituents is 1. The molecule has 1 aliphatic heterocycles. The largest absolute Gasteiger partial charge is 0.270 e. The van der Waals surface area contributed by atoms with E-state index in [9.17, 15) is 14.9 Å². The highest BCUT2D eigenvalue weighted by molar-refractivity contribution is 8.27. The van der Waals surface area contributed by atoms with Crippen LogP contribution in [0.3, 0.4) is 0 Å². The summed E-state index contributed by atoms with van der Waals surface area (Å²) in [5.41, 5.74) is 2.41. The van der Waals surface area contributed by atoms with Crippen LogP contribution in [-0.2, 0) is 11.2 Å². The van der Waals surface area contributed by atoms with Crippen molar-refractivity contribution < 1.29 is 9.72 Å². The Bertz CT molecular complexity index is 909. The number of amides is 1. The Labute approximate surface area is 154 Å². The van der Waals surface area contributed by atoms with Crippen LogP contribution in [0.15, 0.2) is 53.4 Å². The molecule has 5 nitrogen and oxygen atoms in total. The van der Waals surface area contributed by atoms with Crippen LogP contribution in [0.25, 0.3) is 6.08 Å². The zero-order valence-electron chi connectivity index (χ0n) is 13.3. The molecule has 126 valence electrons. The molecule has 0 atom stereocenters. The predicted molar refractivity (Wildman–Crippen MR) is 105 cm³/mol. The van der Waals surface area contributed by atoms with E-state index in [1.54, 1.807) is 18.2 Å². The Hall–Kier alpha value is -2.51. The molecule has 2 aromatic carbocycles. The monoisotopic (exact) mass is 370 g/mol. The van der Waals surface area contributed by atoms with Crippen molar-refractivity contribution in [2.75, 3.05) is 4.90 Å². The second-order valence-electron chi connectivity index (χ2n) is 5.35. The van der Waals surface area contributed by atoms with Crippen LogP contribution in [0.1, 0.15) is 18.1 Å². The summed E-state index contributed by atoms with van der Waals surface area (Å²) in [6.45, 7) is 2.02. The maximum atomic E-state index is 12.8. The normalized spacial score (nSPS) is 15.9. The van der Waals surface area contributed by atoms with Crippen LogP contribution < -0.4 is 4.90 Å². The van der Waals surface area contributed by atoms with Crippen LogP contribution in [0.5, 0.6) is 0 Å². The molecule has 0 aromatic heterocycles. The summed E-state index contributed by atoms with van der Waals surface area (Å²) >= 11 is 6.59. The maximum Gasteiger partial charge on any atom is 0.270 e. The second kappa shape index (κ2) is 7.16. The molecule has 7 heteroatoms. The molecule has 0 spiro atoms. The van der Waals surface area contributed by atoms with Crippen LogP contribution in [0, 0.1) is 10.1 Å². The molecule has 0 aliphatic carbocycles. The average Bonchev–Trinajstić information content (AvgIpc) is 2.88. The van der Waals surface area contributed by atoms with Crippen molar-refractivity contribution in [3.63, 3.8) is 0 Å². The van der Waals surface area contributed by atoms with E-state index in [2.05, 4.69) is 0 Å². The van der Waals surface area contributed by atoms with Gasteiger partial charge in [0, 0.05) is 12.1 Å². The number of thiocarbonyl (C=S) groups is 1. The summed E-state index contributed by atoms with van der Waals surface area (Å²) < 4.78 is 0.461. The Morgan fingerprint density at radius 1 is 1.24 bits per heavy atom. The summed E-state index contributed by atoms with van der Waals surface area (Å²) in [5, 5.41) is 10.9. The lowest BCUT2D eigenvalue weighted by Gasteiger charge is -2.17. The number of para-hydroxylation sites is 1. The van der Waals surface area contributed by atoms with E-state index in [0.717, 1.165) is 17.7 Å². The molecule has 1 amide bonds. The zero-order valence-corrected chi connectivity index (χ0v) is 15.0. The van der Waals surface area contributed by atoms with Gasteiger partial charge in [0.15, 0.2) is 4.32 Å². The molecule has 0 N–H and O–H groups in total. The van der Waals surface area contributed by atoms with Crippen molar-refractivity contribution in [2.45, 2.75) is 13.3 Å². The number of carbonyl (C=O) groups excluding carboxylic acids is 1. The number of nitro benzene ring substituents is 1. The first-order valence-electron chi connectivity index (χ1n) is 7.61. The molecule has 0 unspecified atom stereocenters. The number of thioether (sulfide) groups is 1. The Kier molecular flexibility index (Phi) is 4.96. The predicted octanol–water partition coefficient (Wildman–Crippen LogP) is 4.56. The van der Waals surface area contributed by atoms with Gasteiger partial charge < -0.3 is 0 Å². The highest BCUT2D eigenvalue weighted by Gasteiger charge is 2.34. The number of nitro groups is 1. The van der Waals surface area contributed by atoms with Crippen molar-refractivity contribution in [3.8, 4) is 0 Å². The molecule has 0 saturated carbocycles. The fourth-order valence-electron chi connectivity index (χ4n) is 2.58. The minimum absolute atomic E-state index is 0.0134. The van der Waals surface area contributed by atoms with E-state index in [4.69, 9.17) is 12.2 Å². The number of rotatable bonds is 4. The SMILES string of the molecule is CCc1ccccc1N1C(=O)/C(=C/c2cccc([N+](=O)[O-])c2)SC1=S. The standard InChI is InChI=1S/C18H14N2O3S2/c1-2-13-7-3-4-9-15(13)19-17(21)16(25-18(19)24)11-12-6-5-8-14(10-12)20(22)23/h3-11H,2H2,1H3/b16-11-. The molecule has 1 aliphatic rings. The van der Waals surface area contributed by atoms with Gasteiger partial charge in [-0.2, -0.15) is 0 Å². The molecule has 0 radical (unpaired) electrons. The van der Waals surface area contributed by atoms with Gasteiger partial charge in [-0.05, 0) is 29.7 Å². The lowest BCUT2D eigenvalue weighted by Crippen LogP contribution is -2.28. The Morgan fingerprint density at radius 3 is 2.72 bits per heavy atom.